The summed E-state index contributed by atoms with van der Waals surface area (Å²) in [6.07, 6.45) is 3.06. The van der Waals surface area contributed by atoms with Gasteiger partial charge in [0.05, 0.1) is 0 Å². The van der Waals surface area contributed by atoms with Crippen LogP contribution in [0.1, 0.15) is 56.1 Å². The minimum atomic E-state index is 0.169. The second-order valence-electron chi connectivity index (χ2n) is 7.25. The lowest BCUT2D eigenvalue weighted by Gasteiger charge is -2.32. The van der Waals surface area contributed by atoms with E-state index in [1.54, 1.807) is 0 Å². The summed E-state index contributed by atoms with van der Waals surface area (Å²) < 4.78 is 0. The molecule has 3 heteroatoms. The second-order valence-corrected chi connectivity index (χ2v) is 7.25. The largest absolute Gasteiger partial charge is 0.396 e. The number of amides is 1. The first-order valence-corrected chi connectivity index (χ1v) is 8.59. The van der Waals surface area contributed by atoms with Crippen molar-refractivity contribution in [2.24, 2.45) is 11.8 Å². The number of carbonyl (C=O) groups excluding carboxylic acids is 1. The van der Waals surface area contributed by atoms with E-state index in [-0.39, 0.29) is 18.4 Å². The van der Waals surface area contributed by atoms with Crippen molar-refractivity contribution in [2.45, 2.75) is 44.9 Å². The molecule has 0 bridgehead atoms. The monoisotopic (exact) mass is 301 g/mol. The maximum Gasteiger partial charge on any atom is 0.226 e. The Morgan fingerprint density at radius 2 is 2.05 bits per heavy atom. The SMILES string of the molecule is CC(C)c1ccc(C2CC2C(=O)N2CCCC(CO)C2)cc1. The molecule has 1 aliphatic heterocycles. The highest BCUT2D eigenvalue weighted by Gasteiger charge is 2.46. The number of likely N-dealkylation sites (tertiary alicyclic amines) is 1. The van der Waals surface area contributed by atoms with Gasteiger partial charge in [0, 0.05) is 25.6 Å². The quantitative estimate of drug-likeness (QED) is 0.928. The molecule has 3 nitrogen and oxygen atoms in total. The van der Waals surface area contributed by atoms with E-state index in [1.807, 2.05) is 4.90 Å². The van der Waals surface area contributed by atoms with Gasteiger partial charge in [0.15, 0.2) is 0 Å². The van der Waals surface area contributed by atoms with Gasteiger partial charge >= 0.3 is 0 Å². The van der Waals surface area contributed by atoms with Crippen molar-refractivity contribution < 1.29 is 9.90 Å². The van der Waals surface area contributed by atoms with Crippen molar-refractivity contribution in [1.29, 1.82) is 0 Å². The Hall–Kier alpha value is -1.35. The number of carbonyl (C=O) groups is 1. The van der Waals surface area contributed by atoms with Crippen molar-refractivity contribution in [2.75, 3.05) is 19.7 Å². The van der Waals surface area contributed by atoms with Crippen LogP contribution in [0.4, 0.5) is 0 Å². The van der Waals surface area contributed by atoms with E-state index in [0.717, 1.165) is 32.4 Å². The maximum atomic E-state index is 12.6. The van der Waals surface area contributed by atoms with Crippen molar-refractivity contribution in [1.82, 2.24) is 4.90 Å². The molecule has 1 amide bonds. The molecule has 1 aromatic rings. The van der Waals surface area contributed by atoms with Crippen LogP contribution in [-0.4, -0.2) is 35.6 Å². The number of rotatable bonds is 4. The van der Waals surface area contributed by atoms with Crippen LogP contribution in [0.15, 0.2) is 24.3 Å². The zero-order valence-electron chi connectivity index (χ0n) is 13.7. The van der Waals surface area contributed by atoms with Crippen LogP contribution in [0.5, 0.6) is 0 Å². The molecule has 120 valence electrons. The Labute approximate surface area is 133 Å². The average Bonchev–Trinajstić information content (AvgIpc) is 3.35. The Bertz CT molecular complexity index is 523. The van der Waals surface area contributed by atoms with Gasteiger partial charge in [0.2, 0.25) is 5.91 Å². The van der Waals surface area contributed by atoms with E-state index in [4.69, 9.17) is 0 Å². The summed E-state index contributed by atoms with van der Waals surface area (Å²) in [5.74, 6) is 1.70. The molecule has 0 spiro atoms. The molecule has 0 radical (unpaired) electrons. The molecule has 3 unspecified atom stereocenters. The number of hydrogen-bond acceptors (Lipinski definition) is 2. The minimum Gasteiger partial charge on any atom is -0.396 e. The Kier molecular flexibility index (Phi) is 4.53. The van der Waals surface area contributed by atoms with Crippen LogP contribution in [0.3, 0.4) is 0 Å². The summed E-state index contributed by atoms with van der Waals surface area (Å²) >= 11 is 0. The molecule has 1 saturated heterocycles. The first-order valence-electron chi connectivity index (χ1n) is 8.59. The van der Waals surface area contributed by atoms with Gasteiger partial charge in [0.25, 0.3) is 0 Å². The van der Waals surface area contributed by atoms with E-state index in [0.29, 0.717) is 17.7 Å². The molecule has 2 fully saturated rings. The lowest BCUT2D eigenvalue weighted by molar-refractivity contribution is -0.134. The van der Waals surface area contributed by atoms with Crippen molar-refractivity contribution >= 4 is 5.91 Å². The van der Waals surface area contributed by atoms with Crippen LogP contribution in [0.2, 0.25) is 0 Å². The van der Waals surface area contributed by atoms with E-state index < -0.39 is 0 Å². The number of piperidine rings is 1. The highest BCUT2D eigenvalue weighted by molar-refractivity contribution is 5.83. The molecule has 3 atom stereocenters. The predicted octanol–water partition coefficient (Wildman–Crippen LogP) is 3.14. The Morgan fingerprint density at radius 1 is 1.32 bits per heavy atom. The third kappa shape index (κ3) is 3.19. The first-order chi connectivity index (χ1) is 10.6. The van der Waals surface area contributed by atoms with Gasteiger partial charge in [0.1, 0.15) is 0 Å². The molecule has 1 aliphatic carbocycles. The molecule has 1 aromatic carbocycles. The van der Waals surface area contributed by atoms with Crippen LogP contribution in [0.25, 0.3) is 0 Å². The van der Waals surface area contributed by atoms with Crippen molar-refractivity contribution in [3.8, 4) is 0 Å². The summed E-state index contributed by atoms with van der Waals surface area (Å²) in [7, 11) is 0. The second kappa shape index (κ2) is 6.41. The van der Waals surface area contributed by atoms with Gasteiger partial charge in [-0.05, 0) is 48.1 Å². The van der Waals surface area contributed by atoms with Crippen molar-refractivity contribution in [3.05, 3.63) is 35.4 Å². The standard InChI is InChI=1S/C19H27NO2/c1-13(2)15-5-7-16(8-6-15)17-10-18(17)19(22)20-9-3-4-14(11-20)12-21/h5-8,13-14,17-18,21H,3-4,9-12H2,1-2H3. The minimum absolute atomic E-state index is 0.169. The van der Waals surface area contributed by atoms with E-state index >= 15 is 0 Å². The smallest absolute Gasteiger partial charge is 0.226 e. The molecular formula is C19H27NO2. The van der Waals surface area contributed by atoms with E-state index in [2.05, 4.69) is 38.1 Å². The summed E-state index contributed by atoms with van der Waals surface area (Å²) in [5.41, 5.74) is 2.66. The van der Waals surface area contributed by atoms with Crippen molar-refractivity contribution in [3.63, 3.8) is 0 Å². The molecule has 22 heavy (non-hydrogen) atoms. The predicted molar refractivity (Wildman–Crippen MR) is 87.8 cm³/mol. The maximum absolute atomic E-state index is 12.6. The molecule has 1 N–H and O–H groups in total. The lowest BCUT2D eigenvalue weighted by atomic mass is 9.98. The van der Waals surface area contributed by atoms with Crippen LogP contribution >= 0.6 is 0 Å². The number of hydrogen-bond donors (Lipinski definition) is 1. The number of aliphatic hydroxyl groups excluding tert-OH is 1. The highest BCUT2D eigenvalue weighted by atomic mass is 16.3. The molecular weight excluding hydrogens is 274 g/mol. The fraction of sp³-hybridized carbons (Fsp3) is 0.632. The normalized spacial score (nSPS) is 28.0. The van der Waals surface area contributed by atoms with Gasteiger partial charge in [-0.1, -0.05) is 38.1 Å². The van der Waals surface area contributed by atoms with Crippen LogP contribution in [-0.2, 0) is 4.79 Å². The summed E-state index contributed by atoms with van der Waals surface area (Å²) in [5, 5.41) is 9.31. The molecule has 0 aromatic heterocycles. The highest BCUT2D eigenvalue weighted by Crippen LogP contribution is 2.48. The summed E-state index contributed by atoms with van der Waals surface area (Å²) in [6.45, 7) is 6.21. The van der Waals surface area contributed by atoms with Gasteiger partial charge in [-0.25, -0.2) is 0 Å². The van der Waals surface area contributed by atoms with E-state index in [1.165, 1.54) is 11.1 Å². The molecule has 2 aliphatic rings. The fourth-order valence-electron chi connectivity index (χ4n) is 3.61. The number of aliphatic hydroxyl groups is 1. The van der Waals surface area contributed by atoms with Gasteiger partial charge in [-0.2, -0.15) is 0 Å². The summed E-state index contributed by atoms with van der Waals surface area (Å²) in [4.78, 5) is 14.6. The fourth-order valence-corrected chi connectivity index (χ4v) is 3.61. The lowest BCUT2D eigenvalue weighted by Crippen LogP contribution is -2.41. The van der Waals surface area contributed by atoms with Gasteiger partial charge in [-0.3, -0.25) is 4.79 Å². The zero-order chi connectivity index (χ0) is 15.7. The van der Waals surface area contributed by atoms with Gasteiger partial charge < -0.3 is 10.0 Å². The average molecular weight is 301 g/mol. The molecule has 1 saturated carbocycles. The molecule has 3 rings (SSSR count). The van der Waals surface area contributed by atoms with E-state index in [9.17, 15) is 9.90 Å². The van der Waals surface area contributed by atoms with Gasteiger partial charge in [-0.15, -0.1) is 0 Å². The van der Waals surface area contributed by atoms with Crippen LogP contribution < -0.4 is 0 Å². The third-order valence-electron chi connectivity index (χ3n) is 5.23. The Balaban J connectivity index is 1.60. The van der Waals surface area contributed by atoms with Crippen LogP contribution in [0, 0.1) is 11.8 Å². The number of nitrogens with zero attached hydrogens (tertiary/aromatic N) is 1. The third-order valence-corrected chi connectivity index (χ3v) is 5.23. The zero-order valence-corrected chi connectivity index (χ0v) is 13.7. The molecule has 1 heterocycles. The Morgan fingerprint density at radius 3 is 2.68 bits per heavy atom. The summed E-state index contributed by atoms with van der Waals surface area (Å²) in [6, 6.07) is 8.78. The topological polar surface area (TPSA) is 40.5 Å². The first kappa shape index (κ1) is 15.5. The number of benzene rings is 1.